The summed E-state index contributed by atoms with van der Waals surface area (Å²) in [7, 11) is 1.70. The lowest BCUT2D eigenvalue weighted by Gasteiger charge is -2.28. The summed E-state index contributed by atoms with van der Waals surface area (Å²) in [6.07, 6.45) is 0. The Hall–Kier alpha value is -2.11. The van der Waals surface area contributed by atoms with Crippen molar-refractivity contribution >= 4 is 16.7 Å². The number of methoxy groups -OCH3 is 1. The molecule has 2 aromatic carbocycles. The van der Waals surface area contributed by atoms with Crippen LogP contribution in [0.1, 0.15) is 5.56 Å². The molecule has 126 valence electrons. The number of benzene rings is 2. The predicted molar refractivity (Wildman–Crippen MR) is 92.0 cm³/mol. The van der Waals surface area contributed by atoms with Gasteiger partial charge in [0.1, 0.15) is 5.75 Å². The molecule has 2 bridgehead atoms. The van der Waals surface area contributed by atoms with Gasteiger partial charge in [-0.3, -0.25) is 9.69 Å². The monoisotopic (exact) mass is 326 g/mol. The molecule has 24 heavy (non-hydrogen) atoms. The van der Waals surface area contributed by atoms with E-state index in [0.29, 0.717) is 13.2 Å². The highest BCUT2D eigenvalue weighted by molar-refractivity contribution is 5.91. The average Bonchev–Trinajstić information content (AvgIpc) is 2.84. The van der Waals surface area contributed by atoms with Crippen molar-refractivity contribution in [2.75, 3.05) is 33.4 Å². The van der Waals surface area contributed by atoms with Crippen molar-refractivity contribution in [3.8, 4) is 5.75 Å². The molecule has 2 heterocycles. The normalized spacial score (nSPS) is 24.5. The number of fused-ring (bicyclic) bond motifs is 4. The Morgan fingerprint density at radius 3 is 2.83 bits per heavy atom. The topological polar surface area (TPSA) is 50.8 Å². The molecule has 0 radical (unpaired) electrons. The number of carbonyl (C=O) groups excluding carboxylic acids is 1. The van der Waals surface area contributed by atoms with Gasteiger partial charge < -0.3 is 14.8 Å². The number of amides is 1. The van der Waals surface area contributed by atoms with Crippen molar-refractivity contribution in [3.05, 3.63) is 42.0 Å². The molecular weight excluding hydrogens is 304 g/mol. The lowest BCUT2D eigenvalue weighted by Crippen LogP contribution is -2.41. The Labute approximate surface area is 141 Å². The summed E-state index contributed by atoms with van der Waals surface area (Å²) in [6.45, 7) is 3.50. The molecule has 0 aliphatic carbocycles. The molecule has 1 N–H and O–H groups in total. The minimum atomic E-state index is -0.0815. The molecule has 5 heteroatoms. The van der Waals surface area contributed by atoms with Crippen LogP contribution >= 0.6 is 0 Å². The van der Waals surface area contributed by atoms with Crippen LogP contribution in [0.15, 0.2) is 36.4 Å². The van der Waals surface area contributed by atoms with E-state index in [0.717, 1.165) is 30.8 Å². The molecule has 2 aliphatic rings. The second kappa shape index (κ2) is 6.42. The van der Waals surface area contributed by atoms with Crippen molar-refractivity contribution < 1.29 is 14.3 Å². The van der Waals surface area contributed by atoms with Gasteiger partial charge in [0.15, 0.2) is 0 Å². The van der Waals surface area contributed by atoms with Crippen LogP contribution in [0, 0.1) is 5.92 Å². The quantitative estimate of drug-likeness (QED) is 0.934. The van der Waals surface area contributed by atoms with Crippen molar-refractivity contribution in [3.63, 3.8) is 0 Å². The molecule has 2 fully saturated rings. The molecule has 2 aliphatic heterocycles. The molecule has 0 unspecified atom stereocenters. The van der Waals surface area contributed by atoms with E-state index in [1.807, 2.05) is 12.1 Å². The number of hydrogen-bond donors (Lipinski definition) is 1. The van der Waals surface area contributed by atoms with Crippen molar-refractivity contribution in [2.45, 2.75) is 12.6 Å². The third-order valence-electron chi connectivity index (χ3n) is 4.90. The van der Waals surface area contributed by atoms with Crippen LogP contribution in [-0.2, 0) is 16.1 Å². The summed E-state index contributed by atoms with van der Waals surface area (Å²) < 4.78 is 11.1. The highest BCUT2D eigenvalue weighted by Gasteiger charge is 2.33. The second-order valence-corrected chi connectivity index (χ2v) is 6.61. The molecule has 4 rings (SSSR count). The van der Waals surface area contributed by atoms with E-state index < -0.39 is 0 Å². The first-order valence-corrected chi connectivity index (χ1v) is 8.39. The fourth-order valence-corrected chi connectivity index (χ4v) is 3.74. The summed E-state index contributed by atoms with van der Waals surface area (Å²) in [5.41, 5.74) is 1.26. The summed E-state index contributed by atoms with van der Waals surface area (Å²) >= 11 is 0. The second-order valence-electron chi connectivity index (χ2n) is 6.61. The minimum Gasteiger partial charge on any atom is -0.496 e. The SMILES string of the molecule is COc1ccc(CN2C[C@H]3COC[C@@H](C2)C(=O)N3)c2ccccc12. The van der Waals surface area contributed by atoms with Gasteiger partial charge in [0.25, 0.3) is 0 Å². The zero-order valence-corrected chi connectivity index (χ0v) is 13.8. The van der Waals surface area contributed by atoms with Gasteiger partial charge in [-0.1, -0.05) is 30.3 Å². The lowest BCUT2D eigenvalue weighted by atomic mass is 10.0. The van der Waals surface area contributed by atoms with Crippen LogP contribution in [-0.4, -0.2) is 50.3 Å². The molecule has 0 aromatic heterocycles. The number of hydrogen-bond acceptors (Lipinski definition) is 4. The zero-order chi connectivity index (χ0) is 16.5. The van der Waals surface area contributed by atoms with Crippen LogP contribution in [0.5, 0.6) is 5.75 Å². The Morgan fingerprint density at radius 2 is 2.00 bits per heavy atom. The first-order valence-electron chi connectivity index (χ1n) is 8.39. The van der Waals surface area contributed by atoms with Crippen molar-refractivity contribution in [1.29, 1.82) is 0 Å². The summed E-state index contributed by atoms with van der Waals surface area (Å²) in [5.74, 6) is 0.939. The summed E-state index contributed by atoms with van der Waals surface area (Å²) in [4.78, 5) is 14.5. The van der Waals surface area contributed by atoms with Gasteiger partial charge in [0.05, 0.1) is 32.3 Å². The van der Waals surface area contributed by atoms with E-state index >= 15 is 0 Å². The predicted octanol–water partition coefficient (Wildman–Crippen LogP) is 1.80. The van der Waals surface area contributed by atoms with Gasteiger partial charge in [-0.25, -0.2) is 0 Å². The van der Waals surface area contributed by atoms with E-state index in [2.05, 4.69) is 34.5 Å². The highest BCUT2D eigenvalue weighted by atomic mass is 16.5. The molecule has 2 saturated heterocycles. The highest BCUT2D eigenvalue weighted by Crippen LogP contribution is 2.29. The Morgan fingerprint density at radius 1 is 1.17 bits per heavy atom. The van der Waals surface area contributed by atoms with Gasteiger partial charge in [-0.05, 0) is 17.0 Å². The molecule has 5 nitrogen and oxygen atoms in total. The van der Waals surface area contributed by atoms with Crippen LogP contribution in [0.4, 0.5) is 0 Å². The van der Waals surface area contributed by atoms with Crippen LogP contribution in [0.3, 0.4) is 0 Å². The third kappa shape index (κ3) is 2.85. The number of ether oxygens (including phenoxy) is 2. The first kappa shape index (κ1) is 15.4. The molecule has 0 saturated carbocycles. The van der Waals surface area contributed by atoms with Gasteiger partial charge >= 0.3 is 0 Å². The molecule has 2 atom stereocenters. The van der Waals surface area contributed by atoms with E-state index in [9.17, 15) is 4.79 Å². The van der Waals surface area contributed by atoms with Crippen LogP contribution < -0.4 is 10.1 Å². The number of rotatable bonds is 3. The lowest BCUT2D eigenvalue weighted by molar-refractivity contribution is -0.125. The van der Waals surface area contributed by atoms with Crippen LogP contribution in [0.2, 0.25) is 0 Å². The molecule has 2 aromatic rings. The van der Waals surface area contributed by atoms with Gasteiger partial charge in [-0.2, -0.15) is 0 Å². The van der Waals surface area contributed by atoms with E-state index in [-0.39, 0.29) is 17.9 Å². The fourth-order valence-electron chi connectivity index (χ4n) is 3.74. The largest absolute Gasteiger partial charge is 0.496 e. The van der Waals surface area contributed by atoms with Gasteiger partial charge in [0, 0.05) is 25.0 Å². The molecular formula is C19H22N2O3. The maximum Gasteiger partial charge on any atom is 0.227 e. The van der Waals surface area contributed by atoms with E-state index in [1.54, 1.807) is 7.11 Å². The summed E-state index contributed by atoms with van der Waals surface area (Å²) in [5, 5.41) is 5.43. The van der Waals surface area contributed by atoms with Gasteiger partial charge in [-0.15, -0.1) is 0 Å². The van der Waals surface area contributed by atoms with Crippen molar-refractivity contribution in [1.82, 2.24) is 10.2 Å². The zero-order valence-electron chi connectivity index (χ0n) is 13.8. The standard InChI is InChI=1S/C19H22N2O3/c1-23-18-7-6-13(16-4-2-3-5-17(16)18)8-21-9-14-11-24-12-15(10-21)20-19(14)22/h2-7,14-15H,8-12H2,1H3,(H,20,22)/t14-,15+/m1/s1. The van der Waals surface area contributed by atoms with Gasteiger partial charge in [0.2, 0.25) is 5.91 Å². The number of carbonyl (C=O) groups is 1. The Bertz CT molecular complexity index is 761. The van der Waals surface area contributed by atoms with Crippen LogP contribution in [0.25, 0.3) is 10.8 Å². The minimum absolute atomic E-state index is 0.0783. The number of nitrogens with one attached hydrogen (secondary N) is 1. The Balaban J connectivity index is 1.64. The van der Waals surface area contributed by atoms with E-state index in [1.165, 1.54) is 10.9 Å². The average molecular weight is 326 g/mol. The molecule has 0 spiro atoms. The fraction of sp³-hybridized carbons (Fsp3) is 0.421. The smallest absolute Gasteiger partial charge is 0.227 e. The van der Waals surface area contributed by atoms with Crippen molar-refractivity contribution in [2.24, 2.45) is 5.92 Å². The Kier molecular flexibility index (Phi) is 4.12. The maximum atomic E-state index is 12.2. The number of nitrogens with zero attached hydrogens (tertiary/aromatic N) is 1. The van der Waals surface area contributed by atoms with E-state index in [4.69, 9.17) is 9.47 Å². The first-order chi connectivity index (χ1) is 11.7. The third-order valence-corrected chi connectivity index (χ3v) is 4.90. The summed E-state index contributed by atoms with van der Waals surface area (Å²) in [6, 6.07) is 12.6. The maximum absolute atomic E-state index is 12.2. The molecule has 1 amide bonds.